The number of rotatable bonds is 6. The van der Waals surface area contributed by atoms with Crippen LogP contribution in [-0.4, -0.2) is 18.6 Å². The van der Waals surface area contributed by atoms with Gasteiger partial charge in [0.15, 0.2) is 6.10 Å². The van der Waals surface area contributed by atoms with E-state index >= 15 is 0 Å². The molecule has 0 aliphatic carbocycles. The maximum Gasteiger partial charge on any atom is 0.260 e. The van der Waals surface area contributed by atoms with Crippen LogP contribution in [0.15, 0.2) is 18.2 Å². The van der Waals surface area contributed by atoms with Gasteiger partial charge < -0.3 is 15.8 Å². The summed E-state index contributed by atoms with van der Waals surface area (Å²) in [5.41, 5.74) is 6.40. The van der Waals surface area contributed by atoms with Crippen LogP contribution in [-0.2, 0) is 11.3 Å². The van der Waals surface area contributed by atoms with Crippen LogP contribution in [0.2, 0.25) is 5.02 Å². The Morgan fingerprint density at radius 1 is 1.56 bits per heavy atom. The van der Waals surface area contributed by atoms with Crippen molar-refractivity contribution in [3.8, 4) is 5.75 Å². The first-order chi connectivity index (χ1) is 8.60. The maximum absolute atomic E-state index is 11.7. The normalized spacial score (nSPS) is 12.0. The summed E-state index contributed by atoms with van der Waals surface area (Å²) in [6.45, 7) is 4.64. The summed E-state index contributed by atoms with van der Waals surface area (Å²) in [6.07, 6.45) is 0.292. The van der Waals surface area contributed by atoms with Gasteiger partial charge in [0.1, 0.15) is 5.75 Å². The van der Waals surface area contributed by atoms with Crippen molar-refractivity contribution in [2.75, 3.05) is 6.54 Å². The summed E-state index contributed by atoms with van der Waals surface area (Å²) >= 11 is 6.05. The summed E-state index contributed by atoms with van der Waals surface area (Å²) in [5, 5.41) is 3.24. The van der Waals surface area contributed by atoms with E-state index in [1.807, 2.05) is 13.0 Å². The lowest BCUT2D eigenvalue weighted by atomic mass is 10.2. The predicted molar refractivity (Wildman–Crippen MR) is 72.7 cm³/mol. The third-order valence-corrected chi connectivity index (χ3v) is 2.78. The summed E-state index contributed by atoms with van der Waals surface area (Å²) in [7, 11) is 0. The first-order valence-corrected chi connectivity index (χ1v) is 6.39. The van der Waals surface area contributed by atoms with E-state index in [9.17, 15) is 4.79 Å². The molecular weight excluding hydrogens is 252 g/mol. The van der Waals surface area contributed by atoms with Gasteiger partial charge in [-0.25, -0.2) is 0 Å². The summed E-state index contributed by atoms with van der Waals surface area (Å²) in [6, 6.07) is 5.35. The Morgan fingerprint density at radius 2 is 2.28 bits per heavy atom. The van der Waals surface area contributed by atoms with E-state index in [0.717, 1.165) is 12.0 Å². The lowest BCUT2D eigenvalue weighted by Gasteiger charge is -2.17. The Labute approximate surface area is 112 Å². The van der Waals surface area contributed by atoms with Gasteiger partial charge in [0.2, 0.25) is 0 Å². The number of hydrogen-bond acceptors (Lipinski definition) is 3. The Balaban J connectivity index is 2.75. The summed E-state index contributed by atoms with van der Waals surface area (Å²) in [5.74, 6) is 0.334. The van der Waals surface area contributed by atoms with Gasteiger partial charge in [0.25, 0.3) is 5.91 Å². The van der Waals surface area contributed by atoms with Crippen LogP contribution >= 0.6 is 11.6 Å². The fourth-order valence-electron chi connectivity index (χ4n) is 1.47. The number of ether oxygens (including phenoxy) is 1. The molecule has 18 heavy (non-hydrogen) atoms. The molecule has 3 N–H and O–H groups in total. The molecule has 0 aromatic heterocycles. The Morgan fingerprint density at radius 3 is 2.89 bits per heavy atom. The molecule has 0 radical (unpaired) electrons. The van der Waals surface area contributed by atoms with Crippen molar-refractivity contribution < 1.29 is 9.53 Å². The second-order valence-electron chi connectivity index (χ2n) is 3.98. The average Bonchev–Trinajstić information content (AvgIpc) is 2.38. The highest BCUT2D eigenvalue weighted by atomic mass is 35.5. The zero-order chi connectivity index (χ0) is 13.5. The second-order valence-corrected chi connectivity index (χ2v) is 4.39. The first-order valence-electron chi connectivity index (χ1n) is 6.02. The van der Waals surface area contributed by atoms with Gasteiger partial charge in [-0.15, -0.1) is 0 Å². The van der Waals surface area contributed by atoms with Gasteiger partial charge >= 0.3 is 0 Å². The molecule has 0 spiro atoms. The molecule has 0 saturated carbocycles. The molecule has 1 atom stereocenters. The number of amides is 1. The summed E-state index contributed by atoms with van der Waals surface area (Å²) in [4.78, 5) is 11.7. The molecule has 0 fully saturated rings. The molecule has 1 aromatic carbocycles. The Hall–Kier alpha value is -1.26. The van der Waals surface area contributed by atoms with Crippen molar-refractivity contribution in [2.24, 2.45) is 5.73 Å². The maximum atomic E-state index is 11.7. The molecule has 100 valence electrons. The number of benzene rings is 1. The summed E-state index contributed by atoms with van der Waals surface area (Å²) < 4.78 is 5.60. The Kier molecular flexibility index (Phi) is 5.95. The van der Waals surface area contributed by atoms with Crippen LogP contribution < -0.4 is 15.8 Å². The highest BCUT2D eigenvalue weighted by molar-refractivity contribution is 6.32. The van der Waals surface area contributed by atoms with Crippen molar-refractivity contribution in [1.29, 1.82) is 0 Å². The second kappa shape index (κ2) is 7.24. The molecule has 0 saturated heterocycles. The largest absolute Gasteiger partial charge is 0.479 e. The van der Waals surface area contributed by atoms with Gasteiger partial charge in [-0.2, -0.15) is 0 Å². The Bertz CT molecular complexity index is 410. The van der Waals surface area contributed by atoms with Crippen LogP contribution in [0.3, 0.4) is 0 Å². The van der Waals surface area contributed by atoms with Crippen LogP contribution in [0.25, 0.3) is 0 Å². The molecule has 5 heteroatoms. The highest BCUT2D eigenvalue weighted by Gasteiger charge is 2.17. The van der Waals surface area contributed by atoms with Crippen LogP contribution in [0.5, 0.6) is 5.75 Å². The number of halogens is 1. The van der Waals surface area contributed by atoms with Crippen molar-refractivity contribution in [3.05, 3.63) is 28.8 Å². The average molecular weight is 271 g/mol. The van der Waals surface area contributed by atoms with E-state index in [4.69, 9.17) is 22.1 Å². The molecule has 1 rings (SSSR count). The van der Waals surface area contributed by atoms with Crippen molar-refractivity contribution in [2.45, 2.75) is 32.9 Å². The minimum Gasteiger partial charge on any atom is -0.479 e. The third-order valence-electron chi connectivity index (χ3n) is 2.48. The van der Waals surface area contributed by atoms with E-state index in [2.05, 4.69) is 5.32 Å². The molecule has 1 aromatic rings. The molecule has 1 amide bonds. The molecule has 0 aliphatic rings. The lowest BCUT2D eigenvalue weighted by Crippen LogP contribution is -2.36. The van der Waals surface area contributed by atoms with Crippen molar-refractivity contribution in [3.63, 3.8) is 0 Å². The number of carbonyl (C=O) groups is 1. The molecular formula is C13H19ClN2O2. The first kappa shape index (κ1) is 14.8. The zero-order valence-electron chi connectivity index (χ0n) is 10.7. The molecule has 0 heterocycles. The molecule has 4 nitrogen and oxygen atoms in total. The minimum atomic E-state index is -0.596. The van der Waals surface area contributed by atoms with E-state index < -0.39 is 6.10 Å². The van der Waals surface area contributed by atoms with Crippen LogP contribution in [0.1, 0.15) is 25.8 Å². The standard InChI is InChI=1S/C13H19ClN2O2/c1-3-7-16-13(17)9(2)18-12-10(8-15)5-4-6-11(12)14/h4-6,9H,3,7-8,15H2,1-2H3,(H,16,17). The van der Waals surface area contributed by atoms with Crippen LogP contribution in [0.4, 0.5) is 0 Å². The van der Waals surface area contributed by atoms with Crippen molar-refractivity contribution in [1.82, 2.24) is 5.32 Å². The number of nitrogens with two attached hydrogens (primary N) is 1. The number of nitrogens with one attached hydrogen (secondary N) is 1. The monoisotopic (exact) mass is 270 g/mol. The number of hydrogen-bond donors (Lipinski definition) is 2. The van der Waals surface area contributed by atoms with Crippen molar-refractivity contribution >= 4 is 17.5 Å². The van der Waals surface area contributed by atoms with Gasteiger partial charge in [-0.3, -0.25) is 4.79 Å². The number of carbonyl (C=O) groups excluding carboxylic acids is 1. The van der Waals surface area contributed by atoms with E-state index in [1.165, 1.54) is 0 Å². The SMILES string of the molecule is CCCNC(=O)C(C)Oc1c(Cl)cccc1CN. The fraction of sp³-hybridized carbons (Fsp3) is 0.462. The zero-order valence-corrected chi connectivity index (χ0v) is 11.5. The molecule has 1 unspecified atom stereocenters. The van der Waals surface area contributed by atoms with E-state index in [-0.39, 0.29) is 5.91 Å². The van der Waals surface area contributed by atoms with Gasteiger partial charge in [0, 0.05) is 18.7 Å². The van der Waals surface area contributed by atoms with Gasteiger partial charge in [0.05, 0.1) is 5.02 Å². The van der Waals surface area contributed by atoms with E-state index in [1.54, 1.807) is 19.1 Å². The minimum absolute atomic E-state index is 0.153. The third kappa shape index (κ3) is 3.89. The fourth-order valence-corrected chi connectivity index (χ4v) is 1.71. The smallest absolute Gasteiger partial charge is 0.260 e. The van der Waals surface area contributed by atoms with E-state index in [0.29, 0.717) is 23.9 Å². The lowest BCUT2D eigenvalue weighted by molar-refractivity contribution is -0.127. The van der Waals surface area contributed by atoms with Crippen LogP contribution in [0, 0.1) is 0 Å². The topological polar surface area (TPSA) is 64.3 Å². The molecule has 0 aliphatic heterocycles. The highest BCUT2D eigenvalue weighted by Crippen LogP contribution is 2.29. The quantitative estimate of drug-likeness (QED) is 0.832. The van der Waals surface area contributed by atoms with Gasteiger partial charge in [-0.1, -0.05) is 30.7 Å². The predicted octanol–water partition coefficient (Wildman–Crippen LogP) is 2.09. The van der Waals surface area contributed by atoms with Gasteiger partial charge in [-0.05, 0) is 19.4 Å². The number of para-hydroxylation sites is 1. The molecule has 0 bridgehead atoms.